The Morgan fingerprint density at radius 1 is 1.50 bits per heavy atom. The second kappa shape index (κ2) is 5.34. The van der Waals surface area contributed by atoms with E-state index in [0.717, 1.165) is 4.31 Å². The van der Waals surface area contributed by atoms with E-state index in [1.165, 1.54) is 12.3 Å². The van der Waals surface area contributed by atoms with Crippen LogP contribution in [0, 0.1) is 0 Å². The Morgan fingerprint density at radius 3 is 2.80 bits per heavy atom. The monoisotopic (exact) mass is 295 g/mol. The van der Waals surface area contributed by atoms with E-state index < -0.39 is 15.9 Å². The molecule has 1 aromatic heterocycles. The van der Waals surface area contributed by atoms with E-state index in [0.29, 0.717) is 12.1 Å². The topological polar surface area (TPSA) is 79.4 Å². The zero-order valence-corrected chi connectivity index (χ0v) is 12.3. The van der Waals surface area contributed by atoms with Crippen LogP contribution in [0.3, 0.4) is 0 Å². The van der Waals surface area contributed by atoms with E-state index in [2.05, 4.69) is 16.9 Å². The molecule has 0 aromatic carbocycles. The molecule has 0 aliphatic carbocycles. The Bertz CT molecular complexity index is 653. The molecule has 1 amide bonds. The van der Waals surface area contributed by atoms with Gasteiger partial charge in [0.15, 0.2) is 5.03 Å². The van der Waals surface area contributed by atoms with Crippen LogP contribution in [0.1, 0.15) is 24.2 Å². The van der Waals surface area contributed by atoms with Crippen LogP contribution in [0.5, 0.6) is 0 Å². The molecule has 0 saturated heterocycles. The number of hydrogen-bond acceptors (Lipinski definition) is 5. The summed E-state index contributed by atoms with van der Waals surface area (Å²) in [4.78, 5) is 15.9. The van der Waals surface area contributed by atoms with Crippen LogP contribution in [0.2, 0.25) is 0 Å². The predicted molar refractivity (Wildman–Crippen MR) is 74.7 cm³/mol. The van der Waals surface area contributed by atoms with Crippen molar-refractivity contribution in [3.8, 4) is 0 Å². The van der Waals surface area contributed by atoms with Gasteiger partial charge in [-0.15, -0.1) is 0 Å². The quantitative estimate of drug-likeness (QED) is 0.812. The molecule has 2 rings (SSSR count). The van der Waals surface area contributed by atoms with E-state index in [9.17, 15) is 13.2 Å². The highest BCUT2D eigenvalue weighted by molar-refractivity contribution is 7.90. The third kappa shape index (κ3) is 2.59. The lowest BCUT2D eigenvalue weighted by Crippen LogP contribution is -2.35. The molecular formula is C13H17N3O3S. The molecule has 0 radical (unpaired) electrons. The van der Waals surface area contributed by atoms with Crippen LogP contribution in [0.15, 0.2) is 35.5 Å². The summed E-state index contributed by atoms with van der Waals surface area (Å²) in [6.07, 6.45) is 1.36. The standard InChI is InChI=1S/C13H17N3O3S/c1-9(2)15-7-10(3)8-16-13(17)11-5-4-6-14-12(11)20(16,18)19/h4-6,9,15H,3,7-8H2,1-2H3. The van der Waals surface area contributed by atoms with Gasteiger partial charge in [-0.2, -0.15) is 8.42 Å². The fourth-order valence-electron chi connectivity index (χ4n) is 1.87. The number of nitrogens with zero attached hydrogens (tertiary/aromatic N) is 2. The minimum absolute atomic E-state index is 0.0305. The number of carbonyl (C=O) groups is 1. The van der Waals surface area contributed by atoms with Gasteiger partial charge in [0, 0.05) is 18.8 Å². The molecule has 1 aliphatic heterocycles. The summed E-state index contributed by atoms with van der Waals surface area (Å²) in [5, 5.41) is 2.96. The average Bonchev–Trinajstić information content (AvgIpc) is 2.58. The summed E-state index contributed by atoms with van der Waals surface area (Å²) in [6, 6.07) is 3.28. The molecule has 6 nitrogen and oxygen atoms in total. The summed E-state index contributed by atoms with van der Waals surface area (Å²) in [6.45, 7) is 8.19. The van der Waals surface area contributed by atoms with E-state index in [1.807, 2.05) is 13.8 Å². The second-order valence-corrected chi connectivity index (χ2v) is 6.74. The largest absolute Gasteiger partial charge is 0.311 e. The van der Waals surface area contributed by atoms with Crippen LogP contribution < -0.4 is 5.32 Å². The average molecular weight is 295 g/mol. The van der Waals surface area contributed by atoms with Gasteiger partial charge in [0.2, 0.25) is 0 Å². The maximum absolute atomic E-state index is 12.2. The maximum Gasteiger partial charge on any atom is 0.285 e. The molecule has 2 heterocycles. The highest BCUT2D eigenvalue weighted by Gasteiger charge is 2.42. The lowest BCUT2D eigenvalue weighted by atomic mass is 10.2. The molecule has 20 heavy (non-hydrogen) atoms. The van der Waals surface area contributed by atoms with Gasteiger partial charge in [0.1, 0.15) is 0 Å². The summed E-state index contributed by atoms with van der Waals surface area (Å²) >= 11 is 0. The van der Waals surface area contributed by atoms with Gasteiger partial charge in [-0.1, -0.05) is 20.4 Å². The first kappa shape index (κ1) is 14.7. The van der Waals surface area contributed by atoms with E-state index in [1.54, 1.807) is 6.07 Å². The molecule has 1 aliphatic rings. The number of fused-ring (bicyclic) bond motifs is 1. The Balaban J connectivity index is 2.19. The molecule has 1 aromatic rings. The van der Waals surface area contributed by atoms with Crippen LogP contribution in [-0.4, -0.2) is 42.7 Å². The number of aromatic nitrogens is 1. The summed E-state index contributed by atoms with van der Waals surface area (Å²) in [5.74, 6) is -0.543. The SMILES string of the molecule is C=C(CNC(C)C)CN1C(=O)c2cccnc2S1(=O)=O. The summed E-state index contributed by atoms with van der Waals surface area (Å²) < 4.78 is 25.3. The second-order valence-electron chi connectivity index (χ2n) is 4.96. The van der Waals surface area contributed by atoms with Crippen LogP contribution in [0.25, 0.3) is 0 Å². The van der Waals surface area contributed by atoms with E-state index >= 15 is 0 Å². The van der Waals surface area contributed by atoms with Gasteiger partial charge in [-0.25, -0.2) is 9.29 Å². The van der Waals surface area contributed by atoms with Crippen molar-refractivity contribution in [3.63, 3.8) is 0 Å². The number of pyridine rings is 1. The Kier molecular flexibility index (Phi) is 3.92. The minimum Gasteiger partial charge on any atom is -0.311 e. The molecule has 1 N–H and O–H groups in total. The molecule has 0 atom stereocenters. The third-order valence-corrected chi connectivity index (χ3v) is 4.58. The number of sulfonamides is 1. The first-order chi connectivity index (χ1) is 9.34. The fraction of sp³-hybridized carbons (Fsp3) is 0.385. The van der Waals surface area contributed by atoms with Gasteiger partial charge in [0.05, 0.1) is 12.1 Å². The van der Waals surface area contributed by atoms with Gasteiger partial charge in [0.25, 0.3) is 15.9 Å². The van der Waals surface area contributed by atoms with Crippen LogP contribution in [0.4, 0.5) is 0 Å². The van der Waals surface area contributed by atoms with Crippen molar-refractivity contribution >= 4 is 15.9 Å². The van der Waals surface area contributed by atoms with E-state index in [-0.39, 0.29) is 23.2 Å². The van der Waals surface area contributed by atoms with Gasteiger partial charge in [-0.3, -0.25) is 4.79 Å². The first-order valence-corrected chi connectivity index (χ1v) is 7.70. The van der Waals surface area contributed by atoms with Crippen molar-refractivity contribution < 1.29 is 13.2 Å². The third-order valence-electron chi connectivity index (χ3n) is 2.89. The lowest BCUT2D eigenvalue weighted by molar-refractivity contribution is 0.0878. The van der Waals surface area contributed by atoms with Crippen molar-refractivity contribution in [2.24, 2.45) is 0 Å². The number of nitrogens with one attached hydrogen (secondary N) is 1. The first-order valence-electron chi connectivity index (χ1n) is 6.26. The lowest BCUT2D eigenvalue weighted by Gasteiger charge is -2.17. The number of carbonyl (C=O) groups excluding carboxylic acids is 1. The highest BCUT2D eigenvalue weighted by atomic mass is 32.2. The number of amides is 1. The van der Waals surface area contributed by atoms with Crippen molar-refractivity contribution in [1.29, 1.82) is 0 Å². The zero-order valence-electron chi connectivity index (χ0n) is 11.5. The molecule has 0 spiro atoms. The smallest absolute Gasteiger partial charge is 0.285 e. The predicted octanol–water partition coefficient (Wildman–Crippen LogP) is 0.780. The number of rotatable bonds is 5. The van der Waals surface area contributed by atoms with Crippen LogP contribution >= 0.6 is 0 Å². The molecule has 108 valence electrons. The van der Waals surface area contributed by atoms with Crippen molar-refractivity contribution in [3.05, 3.63) is 36.0 Å². The Labute approximate surface area is 118 Å². The summed E-state index contributed by atoms with van der Waals surface area (Å²) in [7, 11) is -3.85. The normalized spacial score (nSPS) is 16.6. The maximum atomic E-state index is 12.2. The highest BCUT2D eigenvalue weighted by Crippen LogP contribution is 2.28. The Morgan fingerprint density at radius 2 is 2.20 bits per heavy atom. The zero-order chi connectivity index (χ0) is 14.9. The molecule has 0 unspecified atom stereocenters. The Hall–Kier alpha value is -1.73. The summed E-state index contributed by atoms with van der Waals surface area (Å²) in [5.41, 5.74) is 0.751. The van der Waals surface area contributed by atoms with E-state index in [4.69, 9.17) is 0 Å². The van der Waals surface area contributed by atoms with Gasteiger partial charge >= 0.3 is 0 Å². The molecular weight excluding hydrogens is 278 g/mol. The van der Waals surface area contributed by atoms with Crippen molar-refractivity contribution in [2.75, 3.05) is 13.1 Å². The molecule has 0 saturated carbocycles. The number of hydrogen-bond donors (Lipinski definition) is 1. The van der Waals surface area contributed by atoms with Crippen molar-refractivity contribution in [1.82, 2.24) is 14.6 Å². The fourth-order valence-corrected chi connectivity index (χ4v) is 3.38. The molecule has 0 fully saturated rings. The molecule has 7 heteroatoms. The van der Waals surface area contributed by atoms with Crippen LogP contribution in [-0.2, 0) is 10.0 Å². The van der Waals surface area contributed by atoms with Crippen molar-refractivity contribution in [2.45, 2.75) is 24.9 Å². The van der Waals surface area contributed by atoms with Gasteiger partial charge < -0.3 is 5.32 Å². The minimum atomic E-state index is -3.85. The molecule has 0 bridgehead atoms. The van der Waals surface area contributed by atoms with Gasteiger partial charge in [-0.05, 0) is 17.7 Å².